The lowest BCUT2D eigenvalue weighted by Gasteiger charge is -2.25. The number of hydrogen-bond acceptors (Lipinski definition) is 4. The van der Waals surface area contributed by atoms with Gasteiger partial charge < -0.3 is 24.4 Å². The van der Waals surface area contributed by atoms with Crippen molar-refractivity contribution in [3.05, 3.63) is 48.0 Å². The number of carbonyl (C=O) groups is 1. The first-order chi connectivity index (χ1) is 12.9. The highest BCUT2D eigenvalue weighted by Crippen LogP contribution is 2.41. The molecular weight excluding hydrogens is 344 g/mol. The first-order valence-corrected chi connectivity index (χ1v) is 9.19. The number of fused-ring (bicyclic) bond motifs is 1. The van der Waals surface area contributed by atoms with Gasteiger partial charge >= 0.3 is 6.03 Å². The highest BCUT2D eigenvalue weighted by Gasteiger charge is 2.33. The molecular formula is C21H24N2O4. The van der Waals surface area contributed by atoms with E-state index in [0.717, 1.165) is 30.7 Å². The maximum Gasteiger partial charge on any atom is 0.322 e. The highest BCUT2D eigenvalue weighted by molar-refractivity contribution is 5.90. The van der Waals surface area contributed by atoms with Crippen LogP contribution < -0.4 is 19.5 Å². The molecule has 2 aliphatic rings. The van der Waals surface area contributed by atoms with E-state index in [0.29, 0.717) is 17.2 Å². The molecule has 0 aliphatic carbocycles. The summed E-state index contributed by atoms with van der Waals surface area (Å²) in [6.07, 6.45) is 1.94. The predicted molar refractivity (Wildman–Crippen MR) is 102 cm³/mol. The molecule has 0 aromatic heterocycles. The van der Waals surface area contributed by atoms with E-state index in [9.17, 15) is 4.79 Å². The maximum atomic E-state index is 12.9. The lowest BCUT2D eigenvalue weighted by Crippen LogP contribution is -2.34. The average molecular weight is 368 g/mol. The van der Waals surface area contributed by atoms with Crippen LogP contribution in [0, 0.1) is 0 Å². The van der Waals surface area contributed by atoms with E-state index in [1.54, 1.807) is 13.2 Å². The molecule has 142 valence electrons. The van der Waals surface area contributed by atoms with Crippen molar-refractivity contribution in [3.63, 3.8) is 0 Å². The van der Waals surface area contributed by atoms with E-state index in [1.807, 2.05) is 55.1 Å². The molecule has 1 N–H and O–H groups in total. The minimum Gasteiger partial charge on any atom is -0.497 e. The van der Waals surface area contributed by atoms with Crippen LogP contribution in [0.1, 0.15) is 38.3 Å². The minimum atomic E-state index is -0.681. The molecule has 6 nitrogen and oxygen atoms in total. The van der Waals surface area contributed by atoms with Gasteiger partial charge in [-0.3, -0.25) is 0 Å². The molecule has 1 unspecified atom stereocenters. The molecule has 2 heterocycles. The summed E-state index contributed by atoms with van der Waals surface area (Å²) in [6.45, 7) is 4.45. The standard InChI is InChI=1S/C21H24N2O4/c1-21(2)26-18-11-8-15(13-19(18)27-21)22-20(24)23-12-4-5-17(23)14-6-9-16(25-3)10-7-14/h6-11,13,17H,4-5,12H2,1-3H3,(H,22,24). The Bertz CT molecular complexity index is 848. The number of ether oxygens (including phenoxy) is 3. The summed E-state index contributed by atoms with van der Waals surface area (Å²) in [5.74, 6) is 1.47. The van der Waals surface area contributed by atoms with Gasteiger partial charge in [0.15, 0.2) is 11.5 Å². The van der Waals surface area contributed by atoms with Gasteiger partial charge in [0.25, 0.3) is 0 Å². The topological polar surface area (TPSA) is 60.0 Å². The maximum absolute atomic E-state index is 12.9. The molecule has 1 atom stereocenters. The fraction of sp³-hybridized carbons (Fsp3) is 0.381. The summed E-state index contributed by atoms with van der Waals surface area (Å²) in [5, 5.41) is 2.99. The van der Waals surface area contributed by atoms with Crippen LogP contribution in [0.15, 0.2) is 42.5 Å². The first kappa shape index (κ1) is 17.5. The Kier molecular flexibility index (Phi) is 4.34. The van der Waals surface area contributed by atoms with E-state index < -0.39 is 5.79 Å². The van der Waals surface area contributed by atoms with E-state index in [4.69, 9.17) is 14.2 Å². The monoisotopic (exact) mass is 368 g/mol. The zero-order valence-electron chi connectivity index (χ0n) is 15.8. The number of carbonyl (C=O) groups excluding carboxylic acids is 1. The molecule has 4 rings (SSSR count). The van der Waals surface area contributed by atoms with Gasteiger partial charge in [-0.25, -0.2) is 4.79 Å². The third-order valence-corrected chi connectivity index (χ3v) is 4.92. The van der Waals surface area contributed by atoms with Gasteiger partial charge in [-0.05, 0) is 42.7 Å². The third-order valence-electron chi connectivity index (χ3n) is 4.92. The van der Waals surface area contributed by atoms with E-state index >= 15 is 0 Å². The summed E-state index contributed by atoms with van der Waals surface area (Å²) in [4.78, 5) is 14.8. The third kappa shape index (κ3) is 3.52. The Hall–Kier alpha value is -2.89. The van der Waals surface area contributed by atoms with Crippen molar-refractivity contribution >= 4 is 11.7 Å². The number of rotatable bonds is 3. The molecule has 27 heavy (non-hydrogen) atoms. The Labute approximate surface area is 159 Å². The number of nitrogens with zero attached hydrogens (tertiary/aromatic N) is 1. The lowest BCUT2D eigenvalue weighted by molar-refractivity contribution is -0.0431. The van der Waals surface area contributed by atoms with Crippen LogP contribution in [-0.4, -0.2) is 30.4 Å². The minimum absolute atomic E-state index is 0.0730. The second kappa shape index (κ2) is 6.68. The highest BCUT2D eigenvalue weighted by atomic mass is 16.7. The first-order valence-electron chi connectivity index (χ1n) is 9.19. The van der Waals surface area contributed by atoms with Gasteiger partial charge in [0.2, 0.25) is 5.79 Å². The number of methoxy groups -OCH3 is 1. The fourth-order valence-corrected chi connectivity index (χ4v) is 3.68. The molecule has 2 amide bonds. The summed E-state index contributed by atoms with van der Waals surface area (Å²) in [5.41, 5.74) is 1.82. The summed E-state index contributed by atoms with van der Waals surface area (Å²) in [7, 11) is 1.65. The fourth-order valence-electron chi connectivity index (χ4n) is 3.68. The summed E-state index contributed by atoms with van der Waals surface area (Å²) >= 11 is 0. The number of anilines is 1. The number of nitrogens with one attached hydrogen (secondary N) is 1. The molecule has 2 aromatic carbocycles. The molecule has 6 heteroatoms. The van der Waals surface area contributed by atoms with Gasteiger partial charge in [0.1, 0.15) is 5.75 Å². The smallest absolute Gasteiger partial charge is 0.322 e. The normalized spacial score (nSPS) is 19.8. The van der Waals surface area contributed by atoms with Crippen LogP contribution in [-0.2, 0) is 0 Å². The van der Waals surface area contributed by atoms with Gasteiger partial charge in [-0.1, -0.05) is 12.1 Å². The van der Waals surface area contributed by atoms with Gasteiger partial charge in [0, 0.05) is 32.1 Å². The molecule has 0 saturated carbocycles. The molecule has 0 spiro atoms. The Morgan fingerprint density at radius 3 is 2.63 bits per heavy atom. The average Bonchev–Trinajstić information content (AvgIpc) is 3.24. The Morgan fingerprint density at radius 1 is 1.15 bits per heavy atom. The Balaban J connectivity index is 1.47. The number of likely N-dealkylation sites (tertiary alicyclic amines) is 1. The SMILES string of the molecule is COc1ccc(C2CCCN2C(=O)Nc2ccc3c(c2)OC(C)(C)O3)cc1. The number of urea groups is 1. The van der Waals surface area contributed by atoms with Crippen molar-refractivity contribution in [2.45, 2.75) is 38.5 Å². The van der Waals surface area contributed by atoms with Crippen LogP contribution in [0.5, 0.6) is 17.2 Å². The van der Waals surface area contributed by atoms with Crippen molar-refractivity contribution in [3.8, 4) is 17.2 Å². The van der Waals surface area contributed by atoms with Crippen molar-refractivity contribution in [2.24, 2.45) is 0 Å². The van der Waals surface area contributed by atoms with E-state index in [-0.39, 0.29) is 12.1 Å². The number of hydrogen-bond donors (Lipinski definition) is 1. The van der Waals surface area contributed by atoms with Crippen LogP contribution >= 0.6 is 0 Å². The van der Waals surface area contributed by atoms with Crippen molar-refractivity contribution in [1.29, 1.82) is 0 Å². The van der Waals surface area contributed by atoms with Crippen molar-refractivity contribution in [2.75, 3.05) is 19.0 Å². The lowest BCUT2D eigenvalue weighted by atomic mass is 10.0. The van der Waals surface area contributed by atoms with Crippen LogP contribution in [0.3, 0.4) is 0 Å². The molecule has 1 fully saturated rings. The second-order valence-corrected chi connectivity index (χ2v) is 7.32. The van der Waals surface area contributed by atoms with Gasteiger partial charge in [-0.2, -0.15) is 0 Å². The molecule has 2 aliphatic heterocycles. The van der Waals surface area contributed by atoms with Crippen molar-refractivity contribution in [1.82, 2.24) is 4.90 Å². The zero-order valence-corrected chi connectivity index (χ0v) is 15.8. The second-order valence-electron chi connectivity index (χ2n) is 7.32. The quantitative estimate of drug-likeness (QED) is 0.862. The predicted octanol–water partition coefficient (Wildman–Crippen LogP) is 4.57. The summed E-state index contributed by atoms with van der Waals surface area (Å²) < 4.78 is 16.7. The van der Waals surface area contributed by atoms with E-state index in [2.05, 4.69) is 5.32 Å². The Morgan fingerprint density at radius 2 is 1.89 bits per heavy atom. The van der Waals surface area contributed by atoms with Crippen LogP contribution in [0.4, 0.5) is 10.5 Å². The van der Waals surface area contributed by atoms with Crippen LogP contribution in [0.2, 0.25) is 0 Å². The van der Waals surface area contributed by atoms with Crippen molar-refractivity contribution < 1.29 is 19.0 Å². The summed E-state index contributed by atoms with van der Waals surface area (Å²) in [6, 6.07) is 13.4. The van der Waals surface area contributed by atoms with Gasteiger partial charge in [-0.15, -0.1) is 0 Å². The number of benzene rings is 2. The molecule has 0 radical (unpaired) electrons. The number of amides is 2. The van der Waals surface area contributed by atoms with Crippen LogP contribution in [0.25, 0.3) is 0 Å². The largest absolute Gasteiger partial charge is 0.497 e. The molecule has 2 aromatic rings. The zero-order chi connectivity index (χ0) is 19.0. The molecule has 1 saturated heterocycles. The van der Waals surface area contributed by atoms with Gasteiger partial charge in [0.05, 0.1) is 13.2 Å². The molecule has 0 bridgehead atoms. The van der Waals surface area contributed by atoms with E-state index in [1.165, 1.54) is 0 Å².